The molecular weight excluding hydrogens is 278 g/mol. The van der Waals surface area contributed by atoms with Crippen LogP contribution < -0.4 is 10.3 Å². The standard InChI is InChI=1S/C17H17N3O2/c1-3-4-8-19-9-10-20-16(17(19)21)12-15(18-20)13-6-5-7-14(11-13)22-2/h3,5-7,9-12H,1,4,8H2,2H3. The van der Waals surface area contributed by atoms with Crippen LogP contribution in [0.5, 0.6) is 5.75 Å². The van der Waals surface area contributed by atoms with Crippen LogP contribution in [0.1, 0.15) is 6.42 Å². The van der Waals surface area contributed by atoms with Crippen LogP contribution >= 0.6 is 0 Å². The molecule has 112 valence electrons. The third-order valence-corrected chi connectivity index (χ3v) is 3.54. The Labute approximate surface area is 128 Å². The maximum Gasteiger partial charge on any atom is 0.276 e. The number of aromatic nitrogens is 3. The number of hydrogen-bond acceptors (Lipinski definition) is 3. The van der Waals surface area contributed by atoms with Crippen molar-refractivity contribution < 1.29 is 4.74 Å². The van der Waals surface area contributed by atoms with Crippen molar-refractivity contribution >= 4 is 5.52 Å². The molecular formula is C17H17N3O2. The number of aryl methyl sites for hydroxylation is 1. The van der Waals surface area contributed by atoms with Gasteiger partial charge in [-0.2, -0.15) is 5.10 Å². The second kappa shape index (κ2) is 5.89. The summed E-state index contributed by atoms with van der Waals surface area (Å²) in [5.74, 6) is 0.762. The van der Waals surface area contributed by atoms with Crippen molar-refractivity contribution in [1.82, 2.24) is 14.2 Å². The Kier molecular flexibility index (Phi) is 3.78. The monoisotopic (exact) mass is 295 g/mol. The molecule has 0 atom stereocenters. The third kappa shape index (κ3) is 2.53. The van der Waals surface area contributed by atoms with Gasteiger partial charge in [-0.05, 0) is 24.6 Å². The fourth-order valence-corrected chi connectivity index (χ4v) is 2.36. The number of fused-ring (bicyclic) bond motifs is 1. The first-order valence-corrected chi connectivity index (χ1v) is 7.07. The van der Waals surface area contributed by atoms with Crippen LogP contribution in [0.3, 0.4) is 0 Å². The largest absolute Gasteiger partial charge is 0.497 e. The fourth-order valence-electron chi connectivity index (χ4n) is 2.36. The number of benzene rings is 1. The third-order valence-electron chi connectivity index (χ3n) is 3.54. The Morgan fingerprint density at radius 3 is 2.95 bits per heavy atom. The van der Waals surface area contributed by atoms with Crippen LogP contribution in [0.2, 0.25) is 0 Å². The number of ether oxygens (including phenoxy) is 1. The van der Waals surface area contributed by atoms with E-state index in [9.17, 15) is 4.79 Å². The fraction of sp³-hybridized carbons (Fsp3) is 0.176. The molecule has 5 heteroatoms. The first-order valence-electron chi connectivity index (χ1n) is 7.07. The first kappa shape index (κ1) is 14.1. The molecule has 0 bridgehead atoms. The minimum atomic E-state index is -0.0500. The van der Waals surface area contributed by atoms with Crippen molar-refractivity contribution in [3.05, 3.63) is 65.7 Å². The highest BCUT2D eigenvalue weighted by atomic mass is 16.5. The number of hydrogen-bond donors (Lipinski definition) is 0. The van der Waals surface area contributed by atoms with E-state index < -0.39 is 0 Å². The molecule has 3 aromatic rings. The molecule has 0 radical (unpaired) electrons. The van der Waals surface area contributed by atoms with Crippen molar-refractivity contribution in [2.24, 2.45) is 0 Å². The quantitative estimate of drug-likeness (QED) is 0.680. The number of rotatable bonds is 5. The highest BCUT2D eigenvalue weighted by Gasteiger charge is 2.09. The molecule has 0 fully saturated rings. The van der Waals surface area contributed by atoms with Crippen LogP contribution in [0.4, 0.5) is 0 Å². The second-order valence-electron chi connectivity index (χ2n) is 4.97. The average molecular weight is 295 g/mol. The lowest BCUT2D eigenvalue weighted by Crippen LogP contribution is -2.21. The summed E-state index contributed by atoms with van der Waals surface area (Å²) in [6, 6.07) is 9.43. The molecule has 5 nitrogen and oxygen atoms in total. The molecule has 3 rings (SSSR count). The number of allylic oxidation sites excluding steroid dienone is 1. The van der Waals surface area contributed by atoms with Crippen molar-refractivity contribution in [2.75, 3.05) is 7.11 Å². The summed E-state index contributed by atoms with van der Waals surface area (Å²) in [7, 11) is 1.63. The van der Waals surface area contributed by atoms with E-state index in [2.05, 4.69) is 11.7 Å². The van der Waals surface area contributed by atoms with E-state index in [-0.39, 0.29) is 5.56 Å². The van der Waals surface area contributed by atoms with E-state index in [1.165, 1.54) is 0 Å². The van der Waals surface area contributed by atoms with Gasteiger partial charge in [0, 0.05) is 24.5 Å². The minimum absolute atomic E-state index is 0.0500. The Hall–Kier alpha value is -2.82. The average Bonchev–Trinajstić information content (AvgIpc) is 2.99. The van der Waals surface area contributed by atoms with Gasteiger partial charge in [0.1, 0.15) is 11.3 Å². The van der Waals surface area contributed by atoms with Gasteiger partial charge in [-0.25, -0.2) is 4.52 Å². The summed E-state index contributed by atoms with van der Waals surface area (Å²) in [4.78, 5) is 12.4. The molecule has 22 heavy (non-hydrogen) atoms. The molecule has 0 unspecified atom stereocenters. The summed E-state index contributed by atoms with van der Waals surface area (Å²) in [6.45, 7) is 4.31. The summed E-state index contributed by atoms with van der Waals surface area (Å²) in [6.07, 6.45) is 6.10. The lowest BCUT2D eigenvalue weighted by Gasteiger charge is -2.03. The SMILES string of the molecule is C=CCCn1ccn2nc(-c3cccc(OC)c3)cc2c1=O. The molecule has 0 aliphatic carbocycles. The molecule has 2 heterocycles. The summed E-state index contributed by atoms with van der Waals surface area (Å²) in [5.41, 5.74) is 2.17. The van der Waals surface area contributed by atoms with E-state index in [4.69, 9.17) is 4.74 Å². The first-order chi connectivity index (χ1) is 10.7. The predicted molar refractivity (Wildman–Crippen MR) is 86.3 cm³/mol. The molecule has 0 aliphatic heterocycles. The van der Waals surface area contributed by atoms with Gasteiger partial charge >= 0.3 is 0 Å². The van der Waals surface area contributed by atoms with Crippen LogP contribution in [0, 0.1) is 0 Å². The van der Waals surface area contributed by atoms with Crippen LogP contribution in [-0.4, -0.2) is 21.3 Å². The summed E-state index contributed by atoms with van der Waals surface area (Å²) >= 11 is 0. The topological polar surface area (TPSA) is 48.5 Å². The maximum atomic E-state index is 12.4. The molecule has 0 amide bonds. The Morgan fingerprint density at radius 1 is 1.32 bits per heavy atom. The van der Waals surface area contributed by atoms with Gasteiger partial charge in [-0.3, -0.25) is 4.79 Å². The molecule has 0 saturated carbocycles. The van der Waals surface area contributed by atoms with Crippen LogP contribution in [-0.2, 0) is 6.54 Å². The Morgan fingerprint density at radius 2 is 2.18 bits per heavy atom. The Bertz CT molecular complexity index is 877. The van der Waals surface area contributed by atoms with Crippen molar-refractivity contribution in [1.29, 1.82) is 0 Å². The smallest absolute Gasteiger partial charge is 0.276 e. The van der Waals surface area contributed by atoms with Gasteiger partial charge in [-0.15, -0.1) is 6.58 Å². The van der Waals surface area contributed by atoms with Crippen LogP contribution in [0.15, 0.2) is 60.2 Å². The molecule has 0 aliphatic rings. The molecule has 0 N–H and O–H groups in total. The van der Waals surface area contributed by atoms with Crippen LogP contribution in [0.25, 0.3) is 16.8 Å². The summed E-state index contributed by atoms with van der Waals surface area (Å²) < 4.78 is 8.52. The maximum absolute atomic E-state index is 12.4. The van der Waals surface area contributed by atoms with Crippen molar-refractivity contribution in [3.8, 4) is 17.0 Å². The number of nitrogens with zero attached hydrogens (tertiary/aromatic N) is 3. The van der Waals surface area contributed by atoms with Gasteiger partial charge in [0.25, 0.3) is 5.56 Å². The second-order valence-corrected chi connectivity index (χ2v) is 4.97. The molecule has 2 aromatic heterocycles. The van der Waals surface area contributed by atoms with E-state index in [0.717, 1.165) is 23.4 Å². The van der Waals surface area contributed by atoms with Gasteiger partial charge in [-0.1, -0.05) is 18.2 Å². The zero-order chi connectivity index (χ0) is 15.5. The highest BCUT2D eigenvalue weighted by molar-refractivity contribution is 5.66. The van der Waals surface area contributed by atoms with Crippen molar-refractivity contribution in [3.63, 3.8) is 0 Å². The van der Waals surface area contributed by atoms with Gasteiger partial charge < -0.3 is 9.30 Å². The zero-order valence-electron chi connectivity index (χ0n) is 12.4. The zero-order valence-corrected chi connectivity index (χ0v) is 12.4. The van der Waals surface area contributed by atoms with Gasteiger partial charge in [0.05, 0.1) is 12.8 Å². The number of methoxy groups -OCH3 is 1. The van der Waals surface area contributed by atoms with Crippen molar-refractivity contribution in [2.45, 2.75) is 13.0 Å². The van der Waals surface area contributed by atoms with Gasteiger partial charge in [0.15, 0.2) is 0 Å². The minimum Gasteiger partial charge on any atom is -0.497 e. The molecule has 0 spiro atoms. The van der Waals surface area contributed by atoms with E-state index >= 15 is 0 Å². The lowest BCUT2D eigenvalue weighted by atomic mass is 10.1. The summed E-state index contributed by atoms with van der Waals surface area (Å²) in [5, 5.41) is 4.47. The normalized spacial score (nSPS) is 10.8. The predicted octanol–water partition coefficient (Wildman–Crippen LogP) is 2.75. The lowest BCUT2D eigenvalue weighted by molar-refractivity contribution is 0.415. The van der Waals surface area contributed by atoms with E-state index in [1.807, 2.05) is 30.3 Å². The van der Waals surface area contributed by atoms with Gasteiger partial charge in [0.2, 0.25) is 0 Å². The Balaban J connectivity index is 2.07. The van der Waals surface area contributed by atoms with E-state index in [0.29, 0.717) is 12.1 Å². The molecule has 1 aromatic carbocycles. The highest BCUT2D eigenvalue weighted by Crippen LogP contribution is 2.22. The molecule has 0 saturated heterocycles. The van der Waals surface area contributed by atoms with E-state index in [1.54, 1.807) is 34.7 Å².